The Balaban J connectivity index is 3.05. The lowest BCUT2D eigenvalue weighted by Crippen LogP contribution is -2.13. The fourth-order valence-electron chi connectivity index (χ4n) is 0.858. The van der Waals surface area contributed by atoms with E-state index < -0.39 is 11.9 Å². The van der Waals surface area contributed by atoms with Crippen molar-refractivity contribution in [3.05, 3.63) is 35.4 Å². The van der Waals surface area contributed by atoms with Crippen molar-refractivity contribution in [3.63, 3.8) is 0 Å². The van der Waals surface area contributed by atoms with Crippen LogP contribution in [0.3, 0.4) is 0 Å². The summed E-state index contributed by atoms with van der Waals surface area (Å²) in [6, 6.07) is 5.71. The molecule has 68 valence electrons. The van der Waals surface area contributed by atoms with Gasteiger partial charge >= 0.3 is 5.97 Å². The van der Waals surface area contributed by atoms with E-state index in [1.807, 2.05) is 0 Å². The summed E-state index contributed by atoms with van der Waals surface area (Å²) in [5.74, 6) is -1.49. The number of carboxylic acid groups (broad SMARTS) is 1. The van der Waals surface area contributed by atoms with Gasteiger partial charge < -0.3 is 5.11 Å². The van der Waals surface area contributed by atoms with E-state index in [0.29, 0.717) is 0 Å². The van der Waals surface area contributed by atoms with Crippen LogP contribution in [0.5, 0.6) is 0 Å². The number of aromatic carboxylic acids is 1. The summed E-state index contributed by atoms with van der Waals surface area (Å²) in [5.41, 5.74) is 0.351. The summed E-state index contributed by atoms with van der Waals surface area (Å²) in [6.07, 6.45) is 0. The number of hydrogen-bond acceptors (Lipinski definition) is 3. The molecule has 1 aromatic carbocycles. The zero-order valence-electron chi connectivity index (χ0n) is 6.52. The molecule has 0 heterocycles. The molecule has 1 rings (SSSR count). The summed E-state index contributed by atoms with van der Waals surface area (Å²) in [5, 5.41) is 8.61. The topological polar surface area (TPSA) is 66.4 Å². The molecule has 1 amide bonds. The third-order valence-corrected chi connectivity index (χ3v) is 1.68. The number of amides is 1. The highest BCUT2D eigenvalue weighted by atomic mass is 32.1. The number of nitrogens with one attached hydrogen (secondary N) is 1. The van der Waals surface area contributed by atoms with Crippen molar-refractivity contribution in [3.8, 4) is 0 Å². The van der Waals surface area contributed by atoms with Crippen molar-refractivity contribution >= 4 is 24.7 Å². The second-order valence-electron chi connectivity index (χ2n) is 2.33. The van der Waals surface area contributed by atoms with Crippen molar-refractivity contribution < 1.29 is 14.7 Å². The molecule has 13 heavy (non-hydrogen) atoms. The molecule has 0 saturated carbocycles. The van der Waals surface area contributed by atoms with Gasteiger partial charge in [0, 0.05) is 5.56 Å². The van der Waals surface area contributed by atoms with Gasteiger partial charge in [-0.2, -0.15) is 0 Å². The Morgan fingerprint density at radius 2 is 1.92 bits per heavy atom. The van der Waals surface area contributed by atoms with Gasteiger partial charge in [0.2, 0.25) is 0 Å². The lowest BCUT2D eigenvalue weighted by molar-refractivity contribution is 0.0697. The van der Waals surface area contributed by atoms with Gasteiger partial charge in [0.15, 0.2) is 0 Å². The Labute approximate surface area is 80.1 Å². The SMILES string of the molecule is O=C(O)c1cccc(C(=O)NS)c1. The predicted molar refractivity (Wildman–Crippen MR) is 49.9 cm³/mol. The third kappa shape index (κ3) is 2.22. The second-order valence-corrected chi connectivity index (χ2v) is 2.55. The van der Waals surface area contributed by atoms with E-state index in [0.717, 1.165) is 0 Å². The Morgan fingerprint density at radius 3 is 2.46 bits per heavy atom. The van der Waals surface area contributed by atoms with Gasteiger partial charge in [-0.05, 0) is 18.2 Å². The van der Waals surface area contributed by atoms with Crippen LogP contribution in [0.15, 0.2) is 24.3 Å². The molecule has 4 nitrogen and oxygen atoms in total. The average Bonchev–Trinajstić information content (AvgIpc) is 2.17. The number of rotatable bonds is 2. The Bertz CT molecular complexity index is 351. The largest absolute Gasteiger partial charge is 0.478 e. The quantitative estimate of drug-likeness (QED) is 0.618. The predicted octanol–water partition coefficient (Wildman–Crippen LogP) is 0.959. The standard InChI is InChI=1S/C8H7NO3S/c10-7(9-13)5-2-1-3-6(4-5)8(11)12/h1-4,13H,(H,9,10)(H,11,12). The van der Waals surface area contributed by atoms with Gasteiger partial charge in [-0.1, -0.05) is 18.9 Å². The highest BCUT2D eigenvalue weighted by molar-refractivity contribution is 7.78. The smallest absolute Gasteiger partial charge is 0.335 e. The van der Waals surface area contributed by atoms with Gasteiger partial charge in [-0.15, -0.1) is 0 Å². The highest BCUT2D eigenvalue weighted by Crippen LogP contribution is 2.05. The molecule has 0 spiro atoms. The molecular weight excluding hydrogens is 190 g/mol. The minimum atomic E-state index is -1.06. The van der Waals surface area contributed by atoms with Crippen LogP contribution in [0, 0.1) is 0 Å². The minimum Gasteiger partial charge on any atom is -0.478 e. The molecule has 0 aromatic heterocycles. The molecule has 0 bridgehead atoms. The molecule has 0 aliphatic carbocycles. The lowest BCUT2D eigenvalue weighted by Gasteiger charge is -1.99. The fourth-order valence-corrected chi connectivity index (χ4v) is 0.987. The molecule has 5 heteroatoms. The molecular formula is C8H7NO3S. The van der Waals surface area contributed by atoms with E-state index in [4.69, 9.17) is 5.11 Å². The molecule has 0 fully saturated rings. The Hall–Kier alpha value is -1.49. The molecule has 0 unspecified atom stereocenters. The molecule has 2 N–H and O–H groups in total. The number of carbonyl (C=O) groups is 2. The van der Waals surface area contributed by atoms with E-state index >= 15 is 0 Å². The first-order valence-corrected chi connectivity index (χ1v) is 3.87. The van der Waals surface area contributed by atoms with E-state index in [2.05, 4.69) is 17.5 Å². The van der Waals surface area contributed by atoms with Crippen LogP contribution in [0.25, 0.3) is 0 Å². The third-order valence-electron chi connectivity index (χ3n) is 1.47. The zero-order valence-corrected chi connectivity index (χ0v) is 7.41. The fraction of sp³-hybridized carbons (Fsp3) is 0. The zero-order chi connectivity index (χ0) is 9.84. The summed E-state index contributed by atoms with van der Waals surface area (Å²) in [4.78, 5) is 21.5. The van der Waals surface area contributed by atoms with Gasteiger partial charge in [0.1, 0.15) is 0 Å². The molecule has 0 aliphatic rings. The van der Waals surface area contributed by atoms with Gasteiger partial charge in [-0.25, -0.2) is 4.79 Å². The maximum Gasteiger partial charge on any atom is 0.335 e. The van der Waals surface area contributed by atoms with Crippen LogP contribution >= 0.6 is 12.8 Å². The molecule has 0 saturated heterocycles. The van der Waals surface area contributed by atoms with Crippen LogP contribution in [-0.4, -0.2) is 17.0 Å². The van der Waals surface area contributed by atoms with Crippen molar-refractivity contribution in [1.29, 1.82) is 0 Å². The average molecular weight is 197 g/mol. The summed E-state index contributed by atoms with van der Waals surface area (Å²) in [7, 11) is 0. The highest BCUT2D eigenvalue weighted by Gasteiger charge is 2.07. The number of benzene rings is 1. The molecule has 0 aliphatic heterocycles. The maximum atomic E-state index is 11.0. The normalized spacial score (nSPS) is 9.31. The number of carbonyl (C=O) groups excluding carboxylic acids is 1. The van der Waals surface area contributed by atoms with E-state index in [1.54, 1.807) is 0 Å². The minimum absolute atomic E-state index is 0.0782. The first-order valence-electron chi connectivity index (χ1n) is 3.43. The maximum absolute atomic E-state index is 11.0. The van der Waals surface area contributed by atoms with Crippen LogP contribution in [0.1, 0.15) is 20.7 Å². The van der Waals surface area contributed by atoms with Crippen LogP contribution in [0.2, 0.25) is 0 Å². The second kappa shape index (κ2) is 3.95. The molecule has 0 atom stereocenters. The van der Waals surface area contributed by atoms with E-state index in [-0.39, 0.29) is 11.1 Å². The first-order chi connectivity index (χ1) is 6.15. The van der Waals surface area contributed by atoms with Crippen LogP contribution < -0.4 is 4.72 Å². The molecule has 0 radical (unpaired) electrons. The van der Waals surface area contributed by atoms with Crippen LogP contribution in [0.4, 0.5) is 0 Å². The van der Waals surface area contributed by atoms with Crippen molar-refractivity contribution in [2.24, 2.45) is 0 Å². The Morgan fingerprint density at radius 1 is 1.31 bits per heavy atom. The number of thiol groups is 1. The van der Waals surface area contributed by atoms with Gasteiger partial charge in [-0.3, -0.25) is 9.52 Å². The Kier molecular flexibility index (Phi) is 2.92. The van der Waals surface area contributed by atoms with Crippen molar-refractivity contribution in [2.75, 3.05) is 0 Å². The lowest BCUT2D eigenvalue weighted by atomic mass is 10.1. The van der Waals surface area contributed by atoms with Gasteiger partial charge in [0.25, 0.3) is 5.91 Å². The van der Waals surface area contributed by atoms with Crippen LogP contribution in [-0.2, 0) is 0 Å². The molecule has 1 aromatic rings. The number of hydrogen-bond donors (Lipinski definition) is 3. The monoisotopic (exact) mass is 197 g/mol. The number of carboxylic acids is 1. The summed E-state index contributed by atoms with van der Waals surface area (Å²) >= 11 is 3.57. The first kappa shape index (κ1) is 9.60. The van der Waals surface area contributed by atoms with E-state index in [9.17, 15) is 9.59 Å². The van der Waals surface area contributed by atoms with Crippen molar-refractivity contribution in [1.82, 2.24) is 4.72 Å². The summed E-state index contributed by atoms with van der Waals surface area (Å²) in [6.45, 7) is 0. The van der Waals surface area contributed by atoms with Crippen molar-refractivity contribution in [2.45, 2.75) is 0 Å². The van der Waals surface area contributed by atoms with E-state index in [1.165, 1.54) is 24.3 Å². The van der Waals surface area contributed by atoms with Gasteiger partial charge in [0.05, 0.1) is 5.56 Å². The summed E-state index contributed by atoms with van der Waals surface area (Å²) < 4.78 is 2.11.